The van der Waals surface area contributed by atoms with E-state index in [1.54, 1.807) is 0 Å². The van der Waals surface area contributed by atoms with E-state index in [-0.39, 0.29) is 5.54 Å². The lowest BCUT2D eigenvalue weighted by atomic mass is 9.77. The lowest BCUT2D eigenvalue weighted by Gasteiger charge is -2.34. The molecular formula is C20H25NO. The summed E-state index contributed by atoms with van der Waals surface area (Å²) < 4.78 is 5.96. The molecule has 0 saturated heterocycles. The molecule has 2 heteroatoms. The first-order valence-corrected chi connectivity index (χ1v) is 8.24. The second-order valence-electron chi connectivity index (χ2n) is 6.47. The highest BCUT2D eigenvalue weighted by atomic mass is 16.5. The first-order chi connectivity index (χ1) is 10.7. The van der Waals surface area contributed by atoms with E-state index in [1.807, 2.05) is 18.2 Å². The second-order valence-corrected chi connectivity index (χ2v) is 6.47. The molecule has 2 aromatic carbocycles. The van der Waals surface area contributed by atoms with Crippen LogP contribution in [0.25, 0.3) is 0 Å². The molecule has 0 radical (unpaired) electrons. The summed E-state index contributed by atoms with van der Waals surface area (Å²) in [6.07, 6.45) is 5.98. The Morgan fingerprint density at radius 1 is 1.00 bits per heavy atom. The molecule has 0 unspecified atom stereocenters. The molecule has 0 aromatic heterocycles. The molecule has 0 spiro atoms. The highest BCUT2D eigenvalue weighted by Crippen LogP contribution is 2.36. The minimum atomic E-state index is -0.138. The number of hydrogen-bond donors (Lipinski definition) is 1. The van der Waals surface area contributed by atoms with Crippen LogP contribution < -0.4 is 10.5 Å². The standard InChI is InChI=1S/C20H25NO/c1-16-14-18(20(21)12-6-3-7-13-20)10-11-19(16)22-15-17-8-4-2-5-9-17/h2,4-5,8-11,14H,3,6-7,12-13,15,21H2,1H3. The van der Waals surface area contributed by atoms with E-state index in [1.165, 1.54) is 36.0 Å². The Labute approximate surface area is 133 Å². The van der Waals surface area contributed by atoms with Crippen molar-refractivity contribution in [3.05, 3.63) is 65.2 Å². The van der Waals surface area contributed by atoms with E-state index in [0.717, 1.165) is 18.6 Å². The van der Waals surface area contributed by atoms with Gasteiger partial charge in [-0.15, -0.1) is 0 Å². The number of aryl methyl sites for hydroxylation is 1. The Kier molecular flexibility index (Phi) is 4.49. The number of nitrogens with two attached hydrogens (primary N) is 1. The van der Waals surface area contributed by atoms with Crippen molar-refractivity contribution in [1.29, 1.82) is 0 Å². The van der Waals surface area contributed by atoms with Gasteiger partial charge in [0.15, 0.2) is 0 Å². The fraction of sp³-hybridized carbons (Fsp3) is 0.400. The summed E-state index contributed by atoms with van der Waals surface area (Å²) in [4.78, 5) is 0. The van der Waals surface area contributed by atoms with E-state index < -0.39 is 0 Å². The van der Waals surface area contributed by atoms with Crippen LogP contribution in [0.1, 0.15) is 48.8 Å². The van der Waals surface area contributed by atoms with Crippen molar-refractivity contribution in [1.82, 2.24) is 0 Å². The topological polar surface area (TPSA) is 35.2 Å². The first kappa shape index (κ1) is 15.1. The highest BCUT2D eigenvalue weighted by molar-refractivity contribution is 5.39. The average Bonchev–Trinajstić information content (AvgIpc) is 2.55. The van der Waals surface area contributed by atoms with Crippen molar-refractivity contribution in [2.75, 3.05) is 0 Å². The number of benzene rings is 2. The Bertz CT molecular complexity index is 615. The molecule has 2 nitrogen and oxygen atoms in total. The largest absolute Gasteiger partial charge is 0.489 e. The maximum atomic E-state index is 6.62. The summed E-state index contributed by atoms with van der Waals surface area (Å²) in [5.74, 6) is 0.951. The van der Waals surface area contributed by atoms with Gasteiger partial charge >= 0.3 is 0 Å². The smallest absolute Gasteiger partial charge is 0.122 e. The van der Waals surface area contributed by atoms with Gasteiger partial charge in [0.1, 0.15) is 12.4 Å². The second kappa shape index (κ2) is 6.53. The molecule has 0 heterocycles. The molecule has 0 amide bonds. The van der Waals surface area contributed by atoms with Crippen molar-refractivity contribution >= 4 is 0 Å². The molecule has 116 valence electrons. The summed E-state index contributed by atoms with van der Waals surface area (Å²) in [5.41, 5.74) is 10.1. The summed E-state index contributed by atoms with van der Waals surface area (Å²) >= 11 is 0. The van der Waals surface area contributed by atoms with Crippen molar-refractivity contribution in [3.63, 3.8) is 0 Å². The maximum Gasteiger partial charge on any atom is 0.122 e. The van der Waals surface area contributed by atoms with Gasteiger partial charge in [0, 0.05) is 5.54 Å². The van der Waals surface area contributed by atoms with Crippen LogP contribution in [0.2, 0.25) is 0 Å². The first-order valence-electron chi connectivity index (χ1n) is 8.24. The Morgan fingerprint density at radius 2 is 1.73 bits per heavy atom. The van der Waals surface area contributed by atoms with Gasteiger partial charge in [-0.05, 0) is 42.5 Å². The third-order valence-corrected chi connectivity index (χ3v) is 4.73. The van der Waals surface area contributed by atoms with Gasteiger partial charge in [-0.3, -0.25) is 0 Å². The third kappa shape index (κ3) is 3.33. The molecule has 1 aliphatic rings. The number of hydrogen-bond acceptors (Lipinski definition) is 2. The monoisotopic (exact) mass is 295 g/mol. The van der Waals surface area contributed by atoms with Crippen LogP contribution in [0.5, 0.6) is 5.75 Å². The summed E-state index contributed by atoms with van der Waals surface area (Å²) in [5, 5.41) is 0. The molecule has 1 aliphatic carbocycles. The summed E-state index contributed by atoms with van der Waals surface area (Å²) in [6.45, 7) is 2.71. The molecular weight excluding hydrogens is 270 g/mol. The zero-order chi connectivity index (χ0) is 15.4. The van der Waals surface area contributed by atoms with Gasteiger partial charge < -0.3 is 10.5 Å². The molecule has 2 aromatic rings. The van der Waals surface area contributed by atoms with Crippen LogP contribution in [0.4, 0.5) is 0 Å². The molecule has 2 N–H and O–H groups in total. The SMILES string of the molecule is Cc1cc(C2(N)CCCCC2)ccc1OCc1ccccc1. The van der Waals surface area contributed by atoms with Crippen LogP contribution in [0.3, 0.4) is 0 Å². The van der Waals surface area contributed by atoms with Crippen LogP contribution in [0, 0.1) is 6.92 Å². The predicted molar refractivity (Wildman–Crippen MR) is 90.9 cm³/mol. The fourth-order valence-electron chi connectivity index (χ4n) is 3.33. The van der Waals surface area contributed by atoms with Crippen molar-refractivity contribution in [2.24, 2.45) is 5.73 Å². The van der Waals surface area contributed by atoms with Gasteiger partial charge in [-0.2, -0.15) is 0 Å². The normalized spacial score (nSPS) is 17.2. The zero-order valence-electron chi connectivity index (χ0n) is 13.3. The van der Waals surface area contributed by atoms with Gasteiger partial charge in [0.2, 0.25) is 0 Å². The molecule has 0 aliphatic heterocycles. The Balaban J connectivity index is 1.72. The van der Waals surface area contributed by atoms with Gasteiger partial charge in [0.25, 0.3) is 0 Å². The molecule has 1 fully saturated rings. The van der Waals surface area contributed by atoms with Crippen LogP contribution in [0.15, 0.2) is 48.5 Å². The lowest BCUT2D eigenvalue weighted by Crippen LogP contribution is -2.38. The molecule has 3 rings (SSSR count). The Morgan fingerprint density at radius 3 is 2.41 bits per heavy atom. The number of ether oxygens (including phenoxy) is 1. The van der Waals surface area contributed by atoms with Crippen molar-refractivity contribution < 1.29 is 4.74 Å². The van der Waals surface area contributed by atoms with Crippen LogP contribution >= 0.6 is 0 Å². The van der Waals surface area contributed by atoms with E-state index in [0.29, 0.717) is 6.61 Å². The van der Waals surface area contributed by atoms with Gasteiger partial charge in [-0.1, -0.05) is 61.7 Å². The highest BCUT2D eigenvalue weighted by Gasteiger charge is 2.29. The third-order valence-electron chi connectivity index (χ3n) is 4.73. The van der Waals surface area contributed by atoms with Gasteiger partial charge in [0.05, 0.1) is 0 Å². The molecule has 0 atom stereocenters. The molecule has 1 saturated carbocycles. The van der Waals surface area contributed by atoms with Gasteiger partial charge in [-0.25, -0.2) is 0 Å². The lowest BCUT2D eigenvalue weighted by molar-refractivity contribution is 0.296. The molecule has 0 bridgehead atoms. The minimum Gasteiger partial charge on any atom is -0.489 e. The van der Waals surface area contributed by atoms with E-state index in [2.05, 4.69) is 37.3 Å². The fourth-order valence-corrected chi connectivity index (χ4v) is 3.33. The zero-order valence-corrected chi connectivity index (χ0v) is 13.3. The van der Waals surface area contributed by atoms with Crippen LogP contribution in [-0.4, -0.2) is 0 Å². The quantitative estimate of drug-likeness (QED) is 0.888. The van der Waals surface area contributed by atoms with Crippen LogP contribution in [-0.2, 0) is 12.1 Å². The summed E-state index contributed by atoms with van der Waals surface area (Å²) in [6, 6.07) is 16.7. The Hall–Kier alpha value is -1.80. The van der Waals surface area contributed by atoms with E-state index in [4.69, 9.17) is 10.5 Å². The van der Waals surface area contributed by atoms with E-state index >= 15 is 0 Å². The average molecular weight is 295 g/mol. The molecule has 22 heavy (non-hydrogen) atoms. The maximum absolute atomic E-state index is 6.62. The minimum absolute atomic E-state index is 0.138. The predicted octanol–water partition coefficient (Wildman–Crippen LogP) is 4.69. The van der Waals surface area contributed by atoms with Crippen molar-refractivity contribution in [2.45, 2.75) is 51.2 Å². The van der Waals surface area contributed by atoms with Crippen molar-refractivity contribution in [3.8, 4) is 5.75 Å². The van der Waals surface area contributed by atoms with E-state index in [9.17, 15) is 0 Å². The number of rotatable bonds is 4. The summed E-state index contributed by atoms with van der Waals surface area (Å²) in [7, 11) is 0.